The van der Waals surface area contributed by atoms with Crippen molar-refractivity contribution in [3.05, 3.63) is 25.8 Å². The van der Waals surface area contributed by atoms with Gasteiger partial charge >= 0.3 is 11.6 Å². The molecule has 0 spiro atoms. The maximum Gasteiger partial charge on any atom is 0.423 e. The number of rotatable bonds is 4. The molecule has 0 atom stereocenters. The van der Waals surface area contributed by atoms with E-state index < -0.39 is 27.9 Å². The van der Waals surface area contributed by atoms with Crippen LogP contribution in [-0.2, 0) is 18.3 Å². The minimum Gasteiger partial charge on any atom is -0.358 e. The van der Waals surface area contributed by atoms with Crippen LogP contribution >= 0.6 is 0 Å². The van der Waals surface area contributed by atoms with Gasteiger partial charge in [0.15, 0.2) is 5.56 Å². The largest absolute Gasteiger partial charge is 0.423 e. The fraction of sp³-hybridized carbons (Fsp3) is 0.333. The summed E-state index contributed by atoms with van der Waals surface area (Å²) in [5.41, 5.74) is -0.275. The first-order chi connectivity index (χ1) is 6.99. The molecule has 1 aromatic heterocycles. The highest BCUT2D eigenvalue weighted by Crippen LogP contribution is 2.26. The lowest BCUT2D eigenvalue weighted by atomic mass is 10.2. The summed E-state index contributed by atoms with van der Waals surface area (Å²) in [7, 11) is 1.21. The molecule has 1 heterocycles. The summed E-state index contributed by atoms with van der Waals surface area (Å²) in [4.78, 5) is 29.6. The van der Waals surface area contributed by atoms with Crippen LogP contribution in [0.25, 0.3) is 0 Å². The van der Waals surface area contributed by atoms with Crippen molar-refractivity contribution in [2.45, 2.75) is 6.42 Å². The molecule has 0 unspecified atom stereocenters. The third-order valence-corrected chi connectivity index (χ3v) is 1.72. The van der Waals surface area contributed by atoms with Gasteiger partial charge in [-0.1, -0.05) is 0 Å². The number of hydrogen-bond acceptors (Lipinski definition) is 6. The second-order valence-corrected chi connectivity index (χ2v) is 2.63. The van der Waals surface area contributed by atoms with Crippen molar-refractivity contribution < 1.29 is 14.6 Å². The Kier molecular flexibility index (Phi) is 2.74. The molecular weight excluding hydrogens is 208 g/mol. The molecular formula is C6H6N4O5. The summed E-state index contributed by atoms with van der Waals surface area (Å²) in [6.07, 6.45) is -0.0442. The molecule has 9 heteroatoms. The summed E-state index contributed by atoms with van der Waals surface area (Å²) in [5, 5.41) is 24.4. The van der Waals surface area contributed by atoms with Crippen LogP contribution in [0.4, 0.5) is 11.6 Å². The third kappa shape index (κ3) is 1.80. The Morgan fingerprint density at radius 1 is 1.40 bits per heavy atom. The minimum absolute atomic E-state index is 0.275. The zero-order valence-electron chi connectivity index (χ0n) is 7.61. The number of nitrogens with zero attached hydrogens (tertiary/aromatic N) is 4. The number of aldehydes is 1. The van der Waals surface area contributed by atoms with Crippen LogP contribution in [0.1, 0.15) is 5.56 Å². The van der Waals surface area contributed by atoms with Crippen LogP contribution in [0.15, 0.2) is 0 Å². The first-order valence-corrected chi connectivity index (χ1v) is 3.77. The van der Waals surface area contributed by atoms with Crippen molar-refractivity contribution >= 4 is 17.9 Å². The van der Waals surface area contributed by atoms with Gasteiger partial charge in [0.1, 0.15) is 18.4 Å². The van der Waals surface area contributed by atoms with Gasteiger partial charge in [-0.15, -0.1) is 0 Å². The predicted molar refractivity (Wildman–Crippen MR) is 46.3 cm³/mol. The minimum atomic E-state index is -0.855. The van der Waals surface area contributed by atoms with Gasteiger partial charge in [0.2, 0.25) is 0 Å². The van der Waals surface area contributed by atoms with E-state index >= 15 is 0 Å². The molecule has 0 bridgehead atoms. The maximum absolute atomic E-state index is 10.6. The zero-order chi connectivity index (χ0) is 11.6. The molecule has 0 saturated carbocycles. The van der Waals surface area contributed by atoms with Crippen molar-refractivity contribution in [2.24, 2.45) is 7.05 Å². The van der Waals surface area contributed by atoms with Crippen molar-refractivity contribution in [2.75, 3.05) is 0 Å². The second kappa shape index (κ2) is 3.82. The smallest absolute Gasteiger partial charge is 0.358 e. The van der Waals surface area contributed by atoms with E-state index in [2.05, 4.69) is 5.10 Å². The highest BCUT2D eigenvalue weighted by atomic mass is 16.6. The number of nitro groups is 2. The average molecular weight is 214 g/mol. The quantitative estimate of drug-likeness (QED) is 0.394. The second-order valence-electron chi connectivity index (χ2n) is 2.63. The first-order valence-electron chi connectivity index (χ1n) is 3.77. The lowest BCUT2D eigenvalue weighted by molar-refractivity contribution is -0.396. The molecule has 0 amide bonds. The van der Waals surface area contributed by atoms with Crippen molar-refractivity contribution in [3.8, 4) is 0 Å². The molecule has 15 heavy (non-hydrogen) atoms. The Labute approximate surface area is 82.6 Å². The summed E-state index contributed by atoms with van der Waals surface area (Å²) < 4.78 is 0.775. The van der Waals surface area contributed by atoms with Gasteiger partial charge in [0.05, 0.1) is 0 Å². The maximum atomic E-state index is 10.6. The molecule has 80 valence electrons. The van der Waals surface area contributed by atoms with E-state index in [1.807, 2.05) is 0 Å². The van der Waals surface area contributed by atoms with E-state index in [0.29, 0.717) is 6.29 Å². The SMILES string of the molecule is Cn1nc([N+](=O)[O-])c(CC=O)c1[N+](=O)[O-]. The highest BCUT2D eigenvalue weighted by Gasteiger charge is 2.34. The molecule has 0 aliphatic rings. The fourth-order valence-electron chi connectivity index (χ4n) is 1.19. The number of aryl methyl sites for hydroxylation is 1. The monoisotopic (exact) mass is 214 g/mol. The molecule has 1 aromatic rings. The molecule has 0 radical (unpaired) electrons. The van der Waals surface area contributed by atoms with Crippen molar-refractivity contribution in [1.82, 2.24) is 9.78 Å². The molecule has 0 N–H and O–H groups in total. The highest BCUT2D eigenvalue weighted by molar-refractivity contribution is 5.62. The molecule has 0 aliphatic heterocycles. The number of carbonyl (C=O) groups excluding carboxylic acids is 1. The summed E-state index contributed by atoms with van der Waals surface area (Å²) >= 11 is 0. The van der Waals surface area contributed by atoms with Crippen molar-refractivity contribution in [3.63, 3.8) is 0 Å². The Balaban J connectivity index is 3.43. The van der Waals surface area contributed by atoms with Crippen LogP contribution < -0.4 is 0 Å². The van der Waals surface area contributed by atoms with Crippen LogP contribution in [0, 0.1) is 20.2 Å². The number of aromatic nitrogens is 2. The van der Waals surface area contributed by atoms with E-state index in [1.165, 1.54) is 7.05 Å². The van der Waals surface area contributed by atoms with Gasteiger partial charge < -0.3 is 25.0 Å². The summed E-state index contributed by atoms with van der Waals surface area (Å²) in [6.45, 7) is 0. The van der Waals surface area contributed by atoms with Gasteiger partial charge in [-0.2, -0.15) is 0 Å². The van der Waals surface area contributed by atoms with E-state index in [0.717, 1.165) is 4.68 Å². The lowest BCUT2D eigenvalue weighted by Crippen LogP contribution is -2.01. The van der Waals surface area contributed by atoms with Crippen LogP contribution in [0.2, 0.25) is 0 Å². The summed E-state index contributed by atoms with van der Waals surface area (Å²) in [6, 6.07) is 0. The molecule has 0 aromatic carbocycles. The Morgan fingerprint density at radius 2 is 2.00 bits per heavy atom. The van der Waals surface area contributed by atoms with Gasteiger partial charge in [-0.05, 0) is 14.5 Å². The normalized spacial score (nSPS) is 9.93. The number of carbonyl (C=O) groups is 1. The van der Waals surface area contributed by atoms with E-state index in [1.54, 1.807) is 0 Å². The van der Waals surface area contributed by atoms with E-state index in [4.69, 9.17) is 0 Å². The van der Waals surface area contributed by atoms with E-state index in [-0.39, 0.29) is 5.56 Å². The third-order valence-electron chi connectivity index (χ3n) is 1.72. The Morgan fingerprint density at radius 3 is 2.40 bits per heavy atom. The molecule has 9 nitrogen and oxygen atoms in total. The fourth-order valence-corrected chi connectivity index (χ4v) is 1.19. The van der Waals surface area contributed by atoms with Gasteiger partial charge in [0.25, 0.3) is 0 Å². The molecule has 0 saturated heterocycles. The topological polar surface area (TPSA) is 121 Å². The van der Waals surface area contributed by atoms with Crippen LogP contribution in [0.5, 0.6) is 0 Å². The summed E-state index contributed by atoms with van der Waals surface area (Å²) in [5.74, 6) is -1.19. The Bertz CT molecular complexity index is 437. The first kappa shape index (κ1) is 10.8. The average Bonchev–Trinajstić information content (AvgIpc) is 2.43. The van der Waals surface area contributed by atoms with Gasteiger partial charge in [0, 0.05) is 6.42 Å². The predicted octanol–water partition coefficient (Wildman–Crippen LogP) is -0.0221. The van der Waals surface area contributed by atoms with Crippen molar-refractivity contribution in [1.29, 1.82) is 0 Å². The van der Waals surface area contributed by atoms with Gasteiger partial charge in [-0.25, -0.2) is 0 Å². The van der Waals surface area contributed by atoms with Crippen LogP contribution in [0.3, 0.4) is 0 Å². The number of hydrogen-bond donors (Lipinski definition) is 0. The molecule has 1 rings (SSSR count). The lowest BCUT2D eigenvalue weighted by Gasteiger charge is -1.93. The molecule has 0 aliphatic carbocycles. The van der Waals surface area contributed by atoms with Crippen LogP contribution in [-0.4, -0.2) is 25.9 Å². The zero-order valence-corrected chi connectivity index (χ0v) is 7.61. The standard InChI is InChI=1S/C6H6N4O5/c1-8-6(10(14)15)4(2-3-11)5(7-8)9(12)13/h3H,2H2,1H3. The van der Waals surface area contributed by atoms with E-state index in [9.17, 15) is 25.0 Å². The Hall–Kier alpha value is -2.32. The molecule has 0 fully saturated rings. The van der Waals surface area contributed by atoms with Gasteiger partial charge in [-0.3, -0.25) is 0 Å².